The second-order valence-electron chi connectivity index (χ2n) is 3.00. The summed E-state index contributed by atoms with van der Waals surface area (Å²) in [6.45, 7) is 1.81. The molecule has 1 aromatic carbocycles. The molecule has 0 saturated carbocycles. The third-order valence-corrected chi connectivity index (χ3v) is 2.13. The Morgan fingerprint density at radius 2 is 2.15 bits per heavy atom. The van der Waals surface area contributed by atoms with Gasteiger partial charge in [-0.2, -0.15) is 0 Å². The van der Waals surface area contributed by atoms with Gasteiger partial charge in [0.25, 0.3) is 0 Å². The van der Waals surface area contributed by atoms with Crippen molar-refractivity contribution in [3.63, 3.8) is 0 Å². The maximum Gasteiger partial charge on any atom is 0.123 e. The Kier molecular flexibility index (Phi) is 3.28. The smallest absolute Gasteiger partial charge is 0.123 e. The van der Waals surface area contributed by atoms with E-state index < -0.39 is 6.04 Å². The molecule has 0 spiro atoms. The SMILES string of the molecule is CCc1cccc([C@H](N)CO)c1O. The summed E-state index contributed by atoms with van der Waals surface area (Å²) < 4.78 is 0. The Morgan fingerprint density at radius 3 is 2.69 bits per heavy atom. The van der Waals surface area contributed by atoms with Crippen LogP contribution in [0.3, 0.4) is 0 Å². The van der Waals surface area contributed by atoms with E-state index in [0.29, 0.717) is 5.56 Å². The Balaban J connectivity index is 3.08. The van der Waals surface area contributed by atoms with Crippen molar-refractivity contribution >= 4 is 0 Å². The molecule has 0 bridgehead atoms. The van der Waals surface area contributed by atoms with Crippen molar-refractivity contribution in [3.8, 4) is 5.75 Å². The van der Waals surface area contributed by atoms with Gasteiger partial charge in [0, 0.05) is 5.56 Å². The Hall–Kier alpha value is -1.06. The molecule has 3 nitrogen and oxygen atoms in total. The summed E-state index contributed by atoms with van der Waals surface area (Å²) in [6, 6.07) is 4.92. The fourth-order valence-corrected chi connectivity index (χ4v) is 1.29. The lowest BCUT2D eigenvalue weighted by Gasteiger charge is -2.12. The first-order valence-electron chi connectivity index (χ1n) is 4.37. The van der Waals surface area contributed by atoms with Gasteiger partial charge in [0.05, 0.1) is 12.6 Å². The van der Waals surface area contributed by atoms with Crippen LogP contribution in [0.2, 0.25) is 0 Å². The zero-order valence-corrected chi connectivity index (χ0v) is 7.70. The van der Waals surface area contributed by atoms with Gasteiger partial charge in [0.15, 0.2) is 0 Å². The first-order chi connectivity index (χ1) is 6.20. The van der Waals surface area contributed by atoms with Crippen molar-refractivity contribution in [1.29, 1.82) is 0 Å². The number of aliphatic hydroxyl groups is 1. The van der Waals surface area contributed by atoms with Gasteiger partial charge < -0.3 is 15.9 Å². The van der Waals surface area contributed by atoms with E-state index in [4.69, 9.17) is 10.8 Å². The third kappa shape index (κ3) is 1.99. The standard InChI is InChI=1S/C10H15NO2/c1-2-7-4-3-5-8(10(7)13)9(11)6-12/h3-5,9,12-13H,2,6,11H2,1H3/t9-/m1/s1. The highest BCUT2D eigenvalue weighted by Crippen LogP contribution is 2.26. The second-order valence-corrected chi connectivity index (χ2v) is 3.00. The average Bonchev–Trinajstić information content (AvgIpc) is 2.17. The van der Waals surface area contributed by atoms with E-state index in [1.165, 1.54) is 0 Å². The second kappa shape index (κ2) is 4.25. The Labute approximate surface area is 77.8 Å². The number of rotatable bonds is 3. The molecule has 0 aromatic heterocycles. The number of phenols is 1. The highest BCUT2D eigenvalue weighted by atomic mass is 16.3. The van der Waals surface area contributed by atoms with Crippen molar-refractivity contribution in [2.45, 2.75) is 19.4 Å². The monoisotopic (exact) mass is 181 g/mol. The minimum atomic E-state index is -0.494. The van der Waals surface area contributed by atoms with Crippen molar-refractivity contribution < 1.29 is 10.2 Å². The summed E-state index contributed by atoms with van der Waals surface area (Å²) in [7, 11) is 0. The van der Waals surface area contributed by atoms with Crippen LogP contribution in [0, 0.1) is 0 Å². The number of aliphatic hydroxyl groups excluding tert-OH is 1. The molecule has 1 aromatic rings. The summed E-state index contributed by atoms with van der Waals surface area (Å²) in [5, 5.41) is 18.5. The maximum absolute atomic E-state index is 9.70. The fourth-order valence-electron chi connectivity index (χ4n) is 1.29. The quantitative estimate of drug-likeness (QED) is 0.650. The normalized spacial score (nSPS) is 12.8. The lowest BCUT2D eigenvalue weighted by molar-refractivity contribution is 0.265. The Morgan fingerprint density at radius 1 is 1.46 bits per heavy atom. The van der Waals surface area contributed by atoms with E-state index >= 15 is 0 Å². The summed E-state index contributed by atoms with van der Waals surface area (Å²) in [6.07, 6.45) is 0.762. The van der Waals surface area contributed by atoms with E-state index in [9.17, 15) is 5.11 Å². The summed E-state index contributed by atoms with van der Waals surface area (Å²) >= 11 is 0. The third-order valence-electron chi connectivity index (χ3n) is 2.13. The van der Waals surface area contributed by atoms with Crippen LogP contribution in [0.15, 0.2) is 18.2 Å². The van der Waals surface area contributed by atoms with E-state index in [-0.39, 0.29) is 12.4 Å². The number of aryl methyl sites for hydroxylation is 1. The molecule has 0 aliphatic rings. The molecule has 4 N–H and O–H groups in total. The summed E-state index contributed by atoms with van der Waals surface area (Å²) in [5.74, 6) is 0.214. The van der Waals surface area contributed by atoms with Crippen LogP contribution in [0.4, 0.5) is 0 Å². The van der Waals surface area contributed by atoms with Crippen LogP contribution < -0.4 is 5.73 Å². The van der Waals surface area contributed by atoms with Gasteiger partial charge in [-0.15, -0.1) is 0 Å². The lowest BCUT2D eigenvalue weighted by Crippen LogP contribution is -2.14. The largest absolute Gasteiger partial charge is 0.507 e. The van der Waals surface area contributed by atoms with Gasteiger partial charge in [0.2, 0.25) is 0 Å². The van der Waals surface area contributed by atoms with Gasteiger partial charge in [-0.05, 0) is 12.0 Å². The number of phenolic OH excluding ortho intramolecular Hbond substituents is 1. The van der Waals surface area contributed by atoms with Crippen molar-refractivity contribution in [2.75, 3.05) is 6.61 Å². The van der Waals surface area contributed by atoms with Crippen LogP contribution in [0.5, 0.6) is 5.75 Å². The molecule has 72 valence electrons. The average molecular weight is 181 g/mol. The fraction of sp³-hybridized carbons (Fsp3) is 0.400. The number of hydrogen-bond acceptors (Lipinski definition) is 3. The van der Waals surface area contributed by atoms with Crippen LogP contribution in [-0.2, 0) is 6.42 Å². The number of nitrogens with two attached hydrogens (primary N) is 1. The molecule has 13 heavy (non-hydrogen) atoms. The van der Waals surface area contributed by atoms with E-state index in [1.54, 1.807) is 6.07 Å². The molecule has 0 saturated heterocycles. The van der Waals surface area contributed by atoms with Crippen molar-refractivity contribution in [3.05, 3.63) is 29.3 Å². The number of aromatic hydroxyl groups is 1. The molecule has 1 atom stereocenters. The van der Waals surface area contributed by atoms with Crippen LogP contribution in [0.1, 0.15) is 24.1 Å². The molecule has 0 aliphatic heterocycles. The zero-order valence-electron chi connectivity index (χ0n) is 7.70. The van der Waals surface area contributed by atoms with Gasteiger partial charge in [-0.25, -0.2) is 0 Å². The predicted octanol–water partition coefficient (Wildman–Crippen LogP) is 0.947. The van der Waals surface area contributed by atoms with E-state index in [0.717, 1.165) is 12.0 Å². The summed E-state index contributed by atoms with van der Waals surface area (Å²) in [5.41, 5.74) is 7.08. The highest BCUT2D eigenvalue weighted by molar-refractivity contribution is 5.42. The van der Waals surface area contributed by atoms with Gasteiger partial charge in [-0.1, -0.05) is 25.1 Å². The molecule has 1 rings (SSSR count). The first-order valence-corrected chi connectivity index (χ1v) is 4.37. The van der Waals surface area contributed by atoms with Crippen molar-refractivity contribution in [2.24, 2.45) is 5.73 Å². The summed E-state index contributed by atoms with van der Waals surface area (Å²) in [4.78, 5) is 0. The van der Waals surface area contributed by atoms with E-state index in [1.807, 2.05) is 19.1 Å². The highest BCUT2D eigenvalue weighted by Gasteiger charge is 2.11. The topological polar surface area (TPSA) is 66.5 Å². The Bertz CT molecular complexity index is 286. The maximum atomic E-state index is 9.70. The van der Waals surface area contributed by atoms with Crippen LogP contribution in [0.25, 0.3) is 0 Å². The van der Waals surface area contributed by atoms with Crippen LogP contribution >= 0.6 is 0 Å². The minimum absolute atomic E-state index is 0.152. The first kappa shape index (κ1) is 10.0. The molecular formula is C10H15NO2. The zero-order chi connectivity index (χ0) is 9.84. The molecule has 0 heterocycles. The predicted molar refractivity (Wildman–Crippen MR) is 51.5 cm³/mol. The number of para-hydroxylation sites is 1. The number of hydrogen-bond donors (Lipinski definition) is 3. The molecular weight excluding hydrogens is 166 g/mol. The molecule has 0 amide bonds. The molecule has 0 aliphatic carbocycles. The molecule has 0 radical (unpaired) electrons. The molecule has 0 fully saturated rings. The number of benzene rings is 1. The van der Waals surface area contributed by atoms with Crippen LogP contribution in [-0.4, -0.2) is 16.8 Å². The lowest BCUT2D eigenvalue weighted by atomic mass is 10.0. The van der Waals surface area contributed by atoms with Gasteiger partial charge >= 0.3 is 0 Å². The molecule has 3 heteroatoms. The minimum Gasteiger partial charge on any atom is -0.507 e. The molecule has 0 unspecified atom stereocenters. The van der Waals surface area contributed by atoms with E-state index in [2.05, 4.69) is 0 Å². The van der Waals surface area contributed by atoms with Gasteiger partial charge in [-0.3, -0.25) is 0 Å². The van der Waals surface area contributed by atoms with Crippen molar-refractivity contribution in [1.82, 2.24) is 0 Å². The van der Waals surface area contributed by atoms with Gasteiger partial charge in [0.1, 0.15) is 5.75 Å².